The highest BCUT2D eigenvalue weighted by atomic mass is 19.1. The van der Waals surface area contributed by atoms with Crippen molar-refractivity contribution in [2.75, 3.05) is 32.7 Å². The number of nitrogens with zero attached hydrogens (tertiary/aromatic N) is 2. The van der Waals surface area contributed by atoms with Gasteiger partial charge in [0.1, 0.15) is 17.7 Å². The van der Waals surface area contributed by atoms with Gasteiger partial charge in [0.25, 0.3) is 0 Å². The Labute approximate surface area is 129 Å². The SMILES string of the molecule is OC(CN1CCN(Cc2ccccc2F)CC1)c1ccco1. The van der Waals surface area contributed by atoms with Crippen molar-refractivity contribution >= 4 is 0 Å². The molecule has 0 radical (unpaired) electrons. The van der Waals surface area contributed by atoms with Crippen molar-refractivity contribution in [2.24, 2.45) is 0 Å². The second-order valence-corrected chi connectivity index (χ2v) is 5.70. The highest BCUT2D eigenvalue weighted by molar-refractivity contribution is 5.17. The van der Waals surface area contributed by atoms with Gasteiger partial charge < -0.3 is 9.52 Å². The summed E-state index contributed by atoms with van der Waals surface area (Å²) in [6.45, 7) is 4.69. The van der Waals surface area contributed by atoms with E-state index in [-0.39, 0.29) is 5.82 Å². The Morgan fingerprint density at radius 3 is 2.45 bits per heavy atom. The normalized spacial score (nSPS) is 18.5. The highest BCUT2D eigenvalue weighted by Crippen LogP contribution is 2.17. The van der Waals surface area contributed by atoms with Crippen LogP contribution >= 0.6 is 0 Å². The predicted octanol–water partition coefficient (Wildman–Crippen LogP) is 2.27. The summed E-state index contributed by atoms with van der Waals surface area (Å²) in [7, 11) is 0. The minimum Gasteiger partial charge on any atom is -0.467 e. The third kappa shape index (κ3) is 3.74. The van der Waals surface area contributed by atoms with E-state index in [1.165, 1.54) is 6.07 Å². The molecule has 1 unspecified atom stereocenters. The summed E-state index contributed by atoms with van der Waals surface area (Å²) in [4.78, 5) is 4.46. The molecule has 1 fully saturated rings. The van der Waals surface area contributed by atoms with Crippen molar-refractivity contribution in [2.45, 2.75) is 12.6 Å². The lowest BCUT2D eigenvalue weighted by molar-refractivity contribution is 0.0595. The van der Waals surface area contributed by atoms with Gasteiger partial charge in [0.2, 0.25) is 0 Å². The number of rotatable bonds is 5. The summed E-state index contributed by atoms with van der Waals surface area (Å²) in [5, 5.41) is 10.1. The molecule has 1 aliphatic rings. The molecule has 0 amide bonds. The number of hydrogen-bond acceptors (Lipinski definition) is 4. The van der Waals surface area contributed by atoms with Gasteiger partial charge in [0.05, 0.1) is 6.26 Å². The number of benzene rings is 1. The van der Waals surface area contributed by atoms with Crippen LogP contribution in [0, 0.1) is 5.82 Å². The smallest absolute Gasteiger partial charge is 0.133 e. The Kier molecular flexibility index (Phi) is 4.87. The Morgan fingerprint density at radius 2 is 1.77 bits per heavy atom. The molecule has 1 saturated heterocycles. The zero-order chi connectivity index (χ0) is 15.4. The quantitative estimate of drug-likeness (QED) is 0.920. The maximum Gasteiger partial charge on any atom is 0.133 e. The monoisotopic (exact) mass is 304 g/mol. The first-order chi connectivity index (χ1) is 10.7. The maximum atomic E-state index is 13.7. The zero-order valence-corrected chi connectivity index (χ0v) is 12.5. The van der Waals surface area contributed by atoms with Crippen LogP contribution in [-0.2, 0) is 6.54 Å². The van der Waals surface area contributed by atoms with Crippen molar-refractivity contribution < 1.29 is 13.9 Å². The molecule has 1 aromatic heterocycles. The fourth-order valence-electron chi connectivity index (χ4n) is 2.81. The van der Waals surface area contributed by atoms with E-state index >= 15 is 0 Å². The maximum absolute atomic E-state index is 13.7. The Bertz CT molecular complexity index is 580. The summed E-state index contributed by atoms with van der Waals surface area (Å²) in [5.41, 5.74) is 0.742. The molecule has 1 aliphatic heterocycles. The van der Waals surface area contributed by atoms with Gasteiger partial charge in [-0.1, -0.05) is 18.2 Å². The van der Waals surface area contributed by atoms with Crippen molar-refractivity contribution in [3.05, 3.63) is 59.8 Å². The van der Waals surface area contributed by atoms with E-state index in [4.69, 9.17) is 4.42 Å². The second-order valence-electron chi connectivity index (χ2n) is 5.70. The van der Waals surface area contributed by atoms with Crippen LogP contribution in [0.1, 0.15) is 17.4 Å². The summed E-state index contributed by atoms with van der Waals surface area (Å²) >= 11 is 0. The van der Waals surface area contributed by atoms with Crippen LogP contribution in [0.25, 0.3) is 0 Å². The summed E-state index contributed by atoms with van der Waals surface area (Å²) in [5.74, 6) is 0.465. The molecule has 2 heterocycles. The van der Waals surface area contributed by atoms with E-state index in [9.17, 15) is 9.50 Å². The Hall–Kier alpha value is -1.69. The molecule has 4 nitrogen and oxygen atoms in total. The fraction of sp³-hybridized carbons (Fsp3) is 0.412. The molecular formula is C17H21FN2O2. The van der Waals surface area contributed by atoms with Gasteiger partial charge in [0.15, 0.2) is 0 Å². The minimum atomic E-state index is -0.590. The topological polar surface area (TPSA) is 39.9 Å². The van der Waals surface area contributed by atoms with Crippen LogP contribution in [0.2, 0.25) is 0 Å². The highest BCUT2D eigenvalue weighted by Gasteiger charge is 2.21. The van der Waals surface area contributed by atoms with Crippen LogP contribution in [0.4, 0.5) is 4.39 Å². The van der Waals surface area contributed by atoms with Crippen LogP contribution in [0.15, 0.2) is 47.1 Å². The molecule has 2 aromatic rings. The molecule has 5 heteroatoms. The molecule has 3 rings (SSSR count). The molecule has 0 bridgehead atoms. The summed E-state index contributed by atoms with van der Waals surface area (Å²) in [6.07, 6.45) is 0.985. The summed E-state index contributed by atoms with van der Waals surface area (Å²) < 4.78 is 18.9. The van der Waals surface area contributed by atoms with Crippen LogP contribution in [0.5, 0.6) is 0 Å². The fourth-order valence-corrected chi connectivity index (χ4v) is 2.81. The Morgan fingerprint density at radius 1 is 1.05 bits per heavy atom. The van der Waals surface area contributed by atoms with Gasteiger partial charge in [-0.25, -0.2) is 4.39 Å². The van der Waals surface area contributed by atoms with E-state index in [0.717, 1.165) is 31.7 Å². The number of halogens is 1. The van der Waals surface area contributed by atoms with Gasteiger partial charge in [-0.2, -0.15) is 0 Å². The van der Waals surface area contributed by atoms with Crippen molar-refractivity contribution in [3.63, 3.8) is 0 Å². The second kappa shape index (κ2) is 7.05. The first kappa shape index (κ1) is 15.2. The molecule has 1 aromatic carbocycles. The number of β-amino-alcohol motifs (C(OH)–C–C–N with tert-alkyl or cyclic N) is 1. The van der Waals surface area contributed by atoms with E-state index in [0.29, 0.717) is 18.8 Å². The Balaban J connectivity index is 1.47. The minimum absolute atomic E-state index is 0.141. The van der Waals surface area contributed by atoms with E-state index in [1.54, 1.807) is 24.5 Å². The van der Waals surface area contributed by atoms with E-state index in [1.807, 2.05) is 12.1 Å². The number of hydrogen-bond donors (Lipinski definition) is 1. The van der Waals surface area contributed by atoms with E-state index < -0.39 is 6.10 Å². The van der Waals surface area contributed by atoms with Crippen LogP contribution < -0.4 is 0 Å². The molecule has 0 saturated carbocycles. The average Bonchev–Trinajstić information content (AvgIpc) is 3.06. The average molecular weight is 304 g/mol. The number of piperazine rings is 1. The number of furan rings is 1. The van der Waals surface area contributed by atoms with Crippen LogP contribution in [0.3, 0.4) is 0 Å². The standard InChI is InChI=1S/C17H21FN2O2/c18-15-5-2-1-4-14(15)12-19-7-9-20(10-8-19)13-16(21)17-6-3-11-22-17/h1-6,11,16,21H,7-10,12-13H2. The lowest BCUT2D eigenvalue weighted by Crippen LogP contribution is -2.47. The van der Waals surface area contributed by atoms with Crippen LogP contribution in [-0.4, -0.2) is 47.6 Å². The third-order valence-electron chi connectivity index (χ3n) is 4.12. The molecule has 0 spiro atoms. The molecule has 1 N–H and O–H groups in total. The lowest BCUT2D eigenvalue weighted by atomic mass is 10.1. The van der Waals surface area contributed by atoms with Gasteiger partial charge in [0, 0.05) is 44.8 Å². The van der Waals surface area contributed by atoms with E-state index in [2.05, 4.69) is 9.80 Å². The van der Waals surface area contributed by atoms with Crippen molar-refractivity contribution in [1.82, 2.24) is 9.80 Å². The van der Waals surface area contributed by atoms with Gasteiger partial charge in [-0.15, -0.1) is 0 Å². The molecular weight excluding hydrogens is 283 g/mol. The van der Waals surface area contributed by atoms with Gasteiger partial charge >= 0.3 is 0 Å². The third-order valence-corrected chi connectivity index (χ3v) is 4.12. The number of aliphatic hydroxyl groups is 1. The first-order valence-electron chi connectivity index (χ1n) is 7.62. The zero-order valence-electron chi connectivity index (χ0n) is 12.5. The molecule has 1 atom stereocenters. The van der Waals surface area contributed by atoms with Gasteiger partial charge in [-0.3, -0.25) is 9.80 Å². The molecule has 22 heavy (non-hydrogen) atoms. The molecule has 0 aliphatic carbocycles. The van der Waals surface area contributed by atoms with Crippen molar-refractivity contribution in [3.8, 4) is 0 Å². The predicted molar refractivity (Wildman–Crippen MR) is 81.8 cm³/mol. The lowest BCUT2D eigenvalue weighted by Gasteiger charge is -2.35. The first-order valence-corrected chi connectivity index (χ1v) is 7.62. The summed E-state index contributed by atoms with van der Waals surface area (Å²) in [6, 6.07) is 10.5. The largest absolute Gasteiger partial charge is 0.467 e. The molecule has 118 valence electrons. The number of aliphatic hydroxyl groups excluding tert-OH is 1. The van der Waals surface area contributed by atoms with Crippen molar-refractivity contribution in [1.29, 1.82) is 0 Å². The van der Waals surface area contributed by atoms with Gasteiger partial charge in [-0.05, 0) is 18.2 Å².